The summed E-state index contributed by atoms with van der Waals surface area (Å²) >= 11 is 0. The molecular formula is C16H30O8Zr. The smallest absolute Gasteiger partial charge is 0.550 e. The first-order valence-electron chi connectivity index (χ1n) is 7.81. The molecule has 2 N–H and O–H groups in total. The van der Waals surface area contributed by atoms with E-state index in [1.807, 2.05) is 13.8 Å². The molecule has 0 heterocycles. The summed E-state index contributed by atoms with van der Waals surface area (Å²) in [5.74, 6) is -3.16. The van der Waals surface area contributed by atoms with Gasteiger partial charge in [0.1, 0.15) is 11.6 Å². The van der Waals surface area contributed by atoms with Gasteiger partial charge in [0.2, 0.25) is 0 Å². The molecule has 0 radical (unpaired) electrons. The standard InChI is InChI=1S/2C5H8O3.2C3H8O.Zr/c2*1-2-4(6)3-5(7)8;2*1-2-3-4;/h2*2-3H2,1H3,(H,7,8);2*4H,2-3H2,1H3;/q;;;;+2/p-2. The first-order valence-corrected chi connectivity index (χ1v) is 7.81. The van der Waals surface area contributed by atoms with Crippen molar-refractivity contribution in [3.63, 3.8) is 0 Å². The van der Waals surface area contributed by atoms with Gasteiger partial charge >= 0.3 is 26.2 Å². The van der Waals surface area contributed by atoms with Gasteiger partial charge in [-0.15, -0.1) is 0 Å². The summed E-state index contributed by atoms with van der Waals surface area (Å²) in [5, 5.41) is 35.0. The van der Waals surface area contributed by atoms with E-state index in [1.54, 1.807) is 13.8 Å². The summed E-state index contributed by atoms with van der Waals surface area (Å²) in [4.78, 5) is 39.7. The fourth-order valence-electron chi connectivity index (χ4n) is 0.572. The third-order valence-electron chi connectivity index (χ3n) is 1.92. The van der Waals surface area contributed by atoms with E-state index in [0.717, 1.165) is 12.8 Å². The maximum atomic E-state index is 10.2. The number of carboxylic acids is 2. The molecule has 0 unspecified atom stereocenters. The third kappa shape index (κ3) is 59.9. The van der Waals surface area contributed by atoms with E-state index in [1.165, 1.54) is 0 Å². The summed E-state index contributed by atoms with van der Waals surface area (Å²) in [6, 6.07) is 0. The second kappa shape index (κ2) is 30.9. The molecule has 25 heavy (non-hydrogen) atoms. The average molecular weight is 442 g/mol. The number of aliphatic hydroxyl groups excluding tert-OH is 2. The first-order chi connectivity index (χ1) is 11.2. The first kappa shape index (κ1) is 35.2. The Morgan fingerprint density at radius 3 is 0.920 bits per heavy atom. The quantitative estimate of drug-likeness (QED) is 0.454. The van der Waals surface area contributed by atoms with Crippen molar-refractivity contribution in [3.8, 4) is 0 Å². The molecule has 0 aromatic heterocycles. The number of ketones is 2. The molecule has 0 saturated heterocycles. The summed E-state index contributed by atoms with van der Waals surface area (Å²) < 4.78 is 0. The maximum Gasteiger partial charge on any atom is 2.00 e. The van der Waals surface area contributed by atoms with Crippen molar-refractivity contribution in [1.29, 1.82) is 0 Å². The van der Waals surface area contributed by atoms with Crippen molar-refractivity contribution in [3.05, 3.63) is 0 Å². The zero-order valence-corrected chi connectivity index (χ0v) is 18.0. The topological polar surface area (TPSA) is 155 Å². The molecule has 0 aromatic rings. The fourth-order valence-corrected chi connectivity index (χ4v) is 0.572. The van der Waals surface area contributed by atoms with Gasteiger partial charge in [-0.25, -0.2) is 0 Å². The van der Waals surface area contributed by atoms with Gasteiger partial charge < -0.3 is 30.0 Å². The van der Waals surface area contributed by atoms with Gasteiger partial charge in [0.05, 0.1) is 0 Å². The number of aliphatic carboxylic acids is 2. The number of carboxylic acid groups (broad SMARTS) is 2. The van der Waals surface area contributed by atoms with Crippen LogP contribution in [0.15, 0.2) is 0 Å². The van der Waals surface area contributed by atoms with Crippen LogP contribution >= 0.6 is 0 Å². The molecule has 9 heteroatoms. The van der Waals surface area contributed by atoms with Crippen molar-refractivity contribution in [2.75, 3.05) is 13.2 Å². The van der Waals surface area contributed by atoms with E-state index >= 15 is 0 Å². The predicted octanol–water partition coefficient (Wildman–Crippen LogP) is -1.01. The summed E-state index contributed by atoms with van der Waals surface area (Å²) in [7, 11) is 0. The Bertz CT molecular complexity index is 296. The Hall–Kier alpha value is -0.917. The summed E-state index contributed by atoms with van der Waals surface area (Å²) in [6.07, 6.45) is 1.40. The van der Waals surface area contributed by atoms with Crippen LogP contribution in [0.5, 0.6) is 0 Å². The van der Waals surface area contributed by atoms with Crippen LogP contribution in [0.3, 0.4) is 0 Å². The van der Waals surface area contributed by atoms with Crippen molar-refractivity contribution in [2.24, 2.45) is 0 Å². The second-order valence-electron chi connectivity index (χ2n) is 4.33. The van der Waals surface area contributed by atoms with Crippen LogP contribution < -0.4 is 10.2 Å². The molecule has 0 saturated carbocycles. The Morgan fingerprint density at radius 1 is 0.680 bits per heavy atom. The van der Waals surface area contributed by atoms with E-state index < -0.39 is 24.8 Å². The predicted molar refractivity (Wildman–Crippen MR) is 84.6 cm³/mol. The molecule has 0 atom stereocenters. The minimum atomic E-state index is -1.29. The number of carbonyl (C=O) groups excluding carboxylic acids is 4. The maximum absolute atomic E-state index is 10.2. The number of hydrogen-bond acceptors (Lipinski definition) is 8. The van der Waals surface area contributed by atoms with Gasteiger partial charge in [-0.2, -0.15) is 0 Å². The molecule has 146 valence electrons. The molecule has 0 spiro atoms. The normalized spacial score (nSPS) is 7.92. The number of aliphatic hydroxyl groups is 2. The minimum Gasteiger partial charge on any atom is -0.550 e. The Balaban J connectivity index is -0.0000000739. The van der Waals surface area contributed by atoms with Crippen LogP contribution in [-0.4, -0.2) is 46.9 Å². The van der Waals surface area contributed by atoms with E-state index in [0.29, 0.717) is 13.2 Å². The van der Waals surface area contributed by atoms with Gasteiger partial charge in [0.15, 0.2) is 0 Å². The van der Waals surface area contributed by atoms with Gasteiger partial charge in [-0.3, -0.25) is 9.59 Å². The monoisotopic (exact) mass is 440 g/mol. The fraction of sp³-hybridized carbons (Fsp3) is 0.750. The molecular weight excluding hydrogens is 411 g/mol. The zero-order valence-electron chi connectivity index (χ0n) is 15.5. The molecule has 0 aliphatic rings. The Morgan fingerprint density at radius 2 is 0.880 bits per heavy atom. The summed E-state index contributed by atoms with van der Waals surface area (Å²) in [6.45, 7) is 7.73. The van der Waals surface area contributed by atoms with Crippen LogP contribution in [0.4, 0.5) is 0 Å². The molecule has 0 bridgehead atoms. The second-order valence-corrected chi connectivity index (χ2v) is 4.33. The molecule has 0 aliphatic carbocycles. The van der Waals surface area contributed by atoms with Crippen LogP contribution in [-0.2, 0) is 45.4 Å². The van der Waals surface area contributed by atoms with E-state index in [2.05, 4.69) is 0 Å². The molecule has 0 amide bonds. The molecule has 8 nitrogen and oxygen atoms in total. The van der Waals surface area contributed by atoms with Crippen LogP contribution in [0.1, 0.15) is 66.2 Å². The minimum absolute atomic E-state index is 0. The van der Waals surface area contributed by atoms with Crippen molar-refractivity contribution in [1.82, 2.24) is 0 Å². The SMILES string of the molecule is CCC(=O)CC(=O)[O-].CCC(=O)CC(=O)[O-].CCCO.CCCO.[Zr+2]. The van der Waals surface area contributed by atoms with Gasteiger partial charge in [-0.1, -0.05) is 27.7 Å². The number of carbonyl (C=O) groups is 4. The van der Waals surface area contributed by atoms with E-state index in [4.69, 9.17) is 10.2 Å². The van der Waals surface area contributed by atoms with Crippen molar-refractivity contribution >= 4 is 23.5 Å². The Kier molecular flexibility index (Phi) is 43.6. The molecule has 0 aliphatic heterocycles. The average Bonchev–Trinajstić information content (AvgIpc) is 2.54. The van der Waals surface area contributed by atoms with Crippen molar-refractivity contribution < 1.29 is 65.8 Å². The van der Waals surface area contributed by atoms with Crippen LogP contribution in [0.2, 0.25) is 0 Å². The van der Waals surface area contributed by atoms with Gasteiger partial charge in [0.25, 0.3) is 0 Å². The van der Waals surface area contributed by atoms with Crippen LogP contribution in [0, 0.1) is 0 Å². The third-order valence-corrected chi connectivity index (χ3v) is 1.92. The number of rotatable bonds is 8. The van der Waals surface area contributed by atoms with E-state index in [9.17, 15) is 29.4 Å². The number of Topliss-reactive ketones (excluding diaryl/α,β-unsaturated/α-hetero) is 2. The van der Waals surface area contributed by atoms with Crippen molar-refractivity contribution in [2.45, 2.75) is 66.2 Å². The largest absolute Gasteiger partial charge is 2.00 e. The van der Waals surface area contributed by atoms with Gasteiger partial charge in [-0.05, 0) is 12.8 Å². The summed E-state index contributed by atoms with van der Waals surface area (Å²) in [5.41, 5.74) is 0. The molecule has 0 rings (SSSR count). The zero-order chi connectivity index (χ0) is 20.0. The van der Waals surface area contributed by atoms with Gasteiger partial charge in [0, 0.05) is 50.8 Å². The number of hydrogen-bond donors (Lipinski definition) is 2. The van der Waals surface area contributed by atoms with E-state index in [-0.39, 0.29) is 50.6 Å². The molecule has 0 fully saturated rings. The van der Waals surface area contributed by atoms with Crippen LogP contribution in [0.25, 0.3) is 0 Å². The molecule has 0 aromatic carbocycles. The Labute approximate surface area is 168 Å².